The molecule has 0 radical (unpaired) electrons. The Bertz CT molecular complexity index is 1410. The molecule has 10 heteroatoms. The van der Waals surface area contributed by atoms with Crippen molar-refractivity contribution in [3.63, 3.8) is 0 Å². The summed E-state index contributed by atoms with van der Waals surface area (Å²) in [6.45, 7) is 6.32. The van der Waals surface area contributed by atoms with Gasteiger partial charge in [-0.1, -0.05) is 48.9 Å². The maximum absolute atomic E-state index is 13.4. The number of ether oxygens (including phenoxy) is 2. The Morgan fingerprint density at radius 3 is 2.55 bits per heavy atom. The number of Topliss-reactive ketones (excluding diaryl/α,β-unsaturated/α-hetero) is 1. The number of benzene rings is 2. The summed E-state index contributed by atoms with van der Waals surface area (Å²) in [5.41, 5.74) is 1.12. The number of thiazole rings is 1. The number of amides is 1. The van der Waals surface area contributed by atoms with E-state index in [9.17, 15) is 19.5 Å². The van der Waals surface area contributed by atoms with Gasteiger partial charge in [0.1, 0.15) is 16.4 Å². The van der Waals surface area contributed by atoms with Crippen LogP contribution in [0.4, 0.5) is 5.13 Å². The number of aromatic nitrogens is 1. The quantitative estimate of drug-likeness (QED) is 0.159. The summed E-state index contributed by atoms with van der Waals surface area (Å²) in [5, 5.41) is 11.9. The number of rotatable bonds is 8. The Morgan fingerprint density at radius 1 is 1.18 bits per heavy atom. The number of esters is 1. The third-order valence-electron chi connectivity index (χ3n) is 6.06. The maximum Gasteiger partial charge on any atom is 0.350 e. The molecule has 2 heterocycles. The number of hydrogen-bond donors (Lipinski definition) is 1. The minimum absolute atomic E-state index is 0.107. The van der Waals surface area contributed by atoms with Crippen LogP contribution in [0.2, 0.25) is 5.02 Å². The molecule has 0 saturated carbocycles. The Labute approximate surface area is 229 Å². The lowest BCUT2D eigenvalue weighted by molar-refractivity contribution is -0.132. The van der Waals surface area contributed by atoms with Gasteiger partial charge in [0.15, 0.2) is 5.13 Å². The first-order valence-corrected chi connectivity index (χ1v) is 13.2. The average Bonchev–Trinajstić information content (AvgIpc) is 3.40. The van der Waals surface area contributed by atoms with Gasteiger partial charge in [0.25, 0.3) is 5.78 Å². The number of aryl methyl sites for hydroxylation is 1. The highest BCUT2D eigenvalue weighted by atomic mass is 35.5. The fourth-order valence-electron chi connectivity index (χ4n) is 4.06. The van der Waals surface area contributed by atoms with Crippen LogP contribution in [0.1, 0.15) is 52.8 Å². The van der Waals surface area contributed by atoms with E-state index in [0.29, 0.717) is 40.1 Å². The molecule has 0 spiro atoms. The van der Waals surface area contributed by atoms with Crippen molar-refractivity contribution in [2.75, 3.05) is 18.6 Å². The highest BCUT2D eigenvalue weighted by molar-refractivity contribution is 7.17. The van der Waals surface area contributed by atoms with Crippen molar-refractivity contribution in [3.8, 4) is 5.75 Å². The topological polar surface area (TPSA) is 106 Å². The van der Waals surface area contributed by atoms with Gasteiger partial charge >= 0.3 is 11.9 Å². The van der Waals surface area contributed by atoms with Gasteiger partial charge in [0.05, 0.1) is 31.0 Å². The average molecular weight is 555 g/mol. The zero-order chi connectivity index (χ0) is 27.6. The molecule has 0 bridgehead atoms. The van der Waals surface area contributed by atoms with E-state index in [-0.39, 0.29) is 21.3 Å². The van der Waals surface area contributed by atoms with Crippen LogP contribution in [-0.4, -0.2) is 41.5 Å². The summed E-state index contributed by atoms with van der Waals surface area (Å²) in [6, 6.07) is 12.3. The predicted octanol–water partition coefficient (Wildman–Crippen LogP) is 5.94. The van der Waals surface area contributed by atoms with Gasteiger partial charge in [-0.05, 0) is 61.2 Å². The Balaban J connectivity index is 1.87. The van der Waals surface area contributed by atoms with E-state index in [1.54, 1.807) is 55.5 Å². The molecule has 1 aromatic heterocycles. The van der Waals surface area contributed by atoms with E-state index < -0.39 is 23.7 Å². The first-order chi connectivity index (χ1) is 18.1. The number of halogens is 1. The van der Waals surface area contributed by atoms with Crippen molar-refractivity contribution in [2.45, 2.75) is 33.2 Å². The summed E-state index contributed by atoms with van der Waals surface area (Å²) in [6.07, 6.45) is 0.855. The van der Waals surface area contributed by atoms with Gasteiger partial charge in [0, 0.05) is 10.6 Å². The van der Waals surface area contributed by atoms with Gasteiger partial charge in [-0.3, -0.25) is 14.5 Å². The number of aliphatic hydroxyl groups is 1. The van der Waals surface area contributed by atoms with Crippen LogP contribution in [0.5, 0.6) is 5.75 Å². The van der Waals surface area contributed by atoms with Crippen molar-refractivity contribution in [1.82, 2.24) is 4.98 Å². The second-order valence-corrected chi connectivity index (χ2v) is 10.6. The second kappa shape index (κ2) is 11.4. The molecule has 1 aliphatic rings. The highest BCUT2D eigenvalue weighted by Crippen LogP contribution is 2.44. The Hall–Kier alpha value is -3.69. The monoisotopic (exact) mass is 554 g/mol. The molecule has 198 valence electrons. The van der Waals surface area contributed by atoms with Gasteiger partial charge in [0.2, 0.25) is 0 Å². The van der Waals surface area contributed by atoms with E-state index in [0.717, 1.165) is 17.8 Å². The molecule has 4 rings (SSSR count). The summed E-state index contributed by atoms with van der Waals surface area (Å²) in [4.78, 5) is 44.9. The molecule has 1 N–H and O–H groups in total. The first-order valence-electron chi connectivity index (χ1n) is 12.0. The molecule has 8 nitrogen and oxygen atoms in total. The third-order valence-corrected chi connectivity index (χ3v) is 7.45. The molecule has 1 fully saturated rings. The molecule has 3 aromatic rings. The van der Waals surface area contributed by atoms with Gasteiger partial charge in [-0.25, -0.2) is 9.78 Å². The zero-order valence-corrected chi connectivity index (χ0v) is 22.9. The maximum atomic E-state index is 13.4. The van der Waals surface area contributed by atoms with E-state index in [1.165, 1.54) is 12.0 Å². The summed E-state index contributed by atoms with van der Waals surface area (Å²) >= 11 is 6.94. The SMILES string of the molecule is COC(=O)c1sc(N2C(=O)C(=O)C(=C(O)c3ccc(Cl)cc3)C2c2cccc(OCCC(C)C)c2)nc1C. The van der Waals surface area contributed by atoms with Crippen LogP contribution in [-0.2, 0) is 14.3 Å². The standard InChI is InChI=1S/C28H27ClN2O6S/c1-15(2)12-13-37-20-7-5-6-18(14-20)22-21(23(32)17-8-10-19(29)11-9-17)24(33)26(34)31(22)28-30-16(3)25(38-28)27(35)36-4/h5-11,14-15,22,32H,12-13H2,1-4H3. The number of aliphatic hydroxyl groups excluding tert-OH is 1. The number of ketones is 1. The minimum Gasteiger partial charge on any atom is -0.507 e. The van der Waals surface area contributed by atoms with Crippen LogP contribution < -0.4 is 9.64 Å². The predicted molar refractivity (Wildman–Crippen MR) is 146 cm³/mol. The van der Waals surface area contributed by atoms with Crippen LogP contribution in [0.3, 0.4) is 0 Å². The molecular formula is C28H27ClN2O6S. The van der Waals surface area contributed by atoms with Crippen molar-refractivity contribution < 1.29 is 29.0 Å². The Kier molecular flexibility index (Phi) is 8.18. The number of carbonyl (C=O) groups excluding carboxylic acids is 3. The molecule has 1 unspecified atom stereocenters. The van der Waals surface area contributed by atoms with Crippen molar-refractivity contribution >= 4 is 51.5 Å². The summed E-state index contributed by atoms with van der Waals surface area (Å²) < 4.78 is 10.8. The van der Waals surface area contributed by atoms with Crippen LogP contribution in [0.25, 0.3) is 5.76 Å². The normalized spacial score (nSPS) is 16.8. The zero-order valence-electron chi connectivity index (χ0n) is 21.4. The molecule has 0 aliphatic carbocycles. The van der Waals surface area contributed by atoms with Crippen molar-refractivity contribution in [3.05, 3.63) is 80.8 Å². The van der Waals surface area contributed by atoms with E-state index in [1.807, 2.05) is 0 Å². The number of anilines is 1. The van der Waals surface area contributed by atoms with Gasteiger partial charge in [-0.15, -0.1) is 0 Å². The second-order valence-electron chi connectivity index (χ2n) is 9.18. The van der Waals surface area contributed by atoms with Crippen LogP contribution >= 0.6 is 22.9 Å². The van der Waals surface area contributed by atoms with E-state index >= 15 is 0 Å². The van der Waals surface area contributed by atoms with Crippen LogP contribution in [0.15, 0.2) is 54.1 Å². The number of methoxy groups -OCH3 is 1. The molecule has 38 heavy (non-hydrogen) atoms. The molecule has 2 aromatic carbocycles. The number of carbonyl (C=O) groups is 3. The lowest BCUT2D eigenvalue weighted by Crippen LogP contribution is -2.29. The highest BCUT2D eigenvalue weighted by Gasteiger charge is 2.48. The largest absolute Gasteiger partial charge is 0.507 e. The molecular weight excluding hydrogens is 528 g/mol. The third kappa shape index (κ3) is 5.44. The molecule has 1 aliphatic heterocycles. The fraction of sp³-hybridized carbons (Fsp3) is 0.286. The van der Waals surface area contributed by atoms with Crippen LogP contribution in [0, 0.1) is 12.8 Å². The fourth-order valence-corrected chi connectivity index (χ4v) is 5.20. The summed E-state index contributed by atoms with van der Waals surface area (Å²) in [5.74, 6) is -1.67. The van der Waals surface area contributed by atoms with Crippen molar-refractivity contribution in [2.24, 2.45) is 5.92 Å². The van der Waals surface area contributed by atoms with Gasteiger partial charge < -0.3 is 14.6 Å². The smallest absolute Gasteiger partial charge is 0.350 e. The van der Waals surface area contributed by atoms with E-state index in [2.05, 4.69) is 18.8 Å². The number of hydrogen-bond acceptors (Lipinski definition) is 8. The molecule has 1 amide bonds. The minimum atomic E-state index is -1.02. The van der Waals surface area contributed by atoms with E-state index in [4.69, 9.17) is 21.1 Å². The number of nitrogens with zero attached hydrogens (tertiary/aromatic N) is 2. The lowest BCUT2D eigenvalue weighted by Gasteiger charge is -2.23. The summed E-state index contributed by atoms with van der Waals surface area (Å²) in [7, 11) is 1.25. The van der Waals surface area contributed by atoms with Crippen molar-refractivity contribution in [1.29, 1.82) is 0 Å². The molecule has 1 saturated heterocycles. The first kappa shape index (κ1) is 27.3. The lowest BCUT2D eigenvalue weighted by atomic mass is 9.95. The Morgan fingerprint density at radius 2 is 1.89 bits per heavy atom. The molecule has 1 atom stereocenters. The van der Waals surface area contributed by atoms with Gasteiger partial charge in [-0.2, -0.15) is 0 Å².